The molecule has 170 valence electrons. The van der Waals surface area contributed by atoms with Crippen molar-refractivity contribution in [2.24, 2.45) is 5.92 Å². The molecule has 5 nitrogen and oxygen atoms in total. The number of phenolic OH excluding ortho intramolecular Hbond substituents is 1. The summed E-state index contributed by atoms with van der Waals surface area (Å²) in [6, 6.07) is 15.5. The first-order valence-electron chi connectivity index (χ1n) is 11.4. The topological polar surface area (TPSA) is 61.3 Å². The van der Waals surface area contributed by atoms with E-state index in [1.807, 2.05) is 64.1 Å². The van der Waals surface area contributed by atoms with E-state index in [4.69, 9.17) is 4.98 Å². The van der Waals surface area contributed by atoms with E-state index < -0.39 is 0 Å². The summed E-state index contributed by atoms with van der Waals surface area (Å²) in [6.45, 7) is 13.3. The van der Waals surface area contributed by atoms with Crippen LogP contribution in [0, 0.1) is 5.92 Å². The van der Waals surface area contributed by atoms with Crippen LogP contribution in [-0.2, 0) is 0 Å². The molecule has 2 N–H and O–H groups in total. The Morgan fingerprint density at radius 1 is 0.903 bits per heavy atom. The Bertz CT molecular complexity index is 909. The predicted octanol–water partition coefficient (Wildman–Crippen LogP) is 6.44. The van der Waals surface area contributed by atoms with Crippen molar-refractivity contribution in [2.45, 2.75) is 54.0 Å². The molecule has 0 saturated carbocycles. The summed E-state index contributed by atoms with van der Waals surface area (Å²) in [7, 11) is 4.22. The number of anilines is 1. The van der Waals surface area contributed by atoms with Crippen LogP contribution in [0.1, 0.15) is 48.0 Å². The zero-order valence-corrected chi connectivity index (χ0v) is 20.5. The molecule has 1 aromatic heterocycles. The van der Waals surface area contributed by atoms with E-state index in [2.05, 4.69) is 43.1 Å². The van der Waals surface area contributed by atoms with Gasteiger partial charge in [0.15, 0.2) is 5.82 Å². The first kappa shape index (κ1) is 26.4. The molecule has 0 aliphatic rings. The van der Waals surface area contributed by atoms with Crippen molar-refractivity contribution >= 4 is 16.7 Å². The first-order chi connectivity index (χ1) is 15.0. The number of rotatable bonds is 7. The number of aromatic hydroxyl groups is 1. The van der Waals surface area contributed by atoms with E-state index in [1.54, 1.807) is 12.1 Å². The van der Waals surface area contributed by atoms with Gasteiger partial charge in [-0.1, -0.05) is 65.8 Å². The number of likely N-dealkylation sites (N-methyl/N-ethyl adjacent to an activating group) is 1. The fraction of sp³-hybridized carbons (Fsp3) is 0.462. The maximum absolute atomic E-state index is 10.2. The fourth-order valence-corrected chi connectivity index (χ4v) is 3.23. The average molecular weight is 425 g/mol. The molecule has 1 atom stereocenters. The molecule has 1 heterocycles. The SMILES string of the molecule is CC.CC.CC(C)C[C@H](CNc1nc(-c2ccccc2O)nc2ccccc12)N(C)C. The third kappa shape index (κ3) is 7.51. The van der Waals surface area contributed by atoms with Gasteiger partial charge in [0.2, 0.25) is 0 Å². The van der Waals surface area contributed by atoms with Gasteiger partial charge in [0.05, 0.1) is 11.1 Å². The summed E-state index contributed by atoms with van der Waals surface area (Å²) in [5.74, 6) is 2.14. The van der Waals surface area contributed by atoms with Crippen LogP contribution in [-0.4, -0.2) is 46.7 Å². The molecule has 0 aliphatic carbocycles. The van der Waals surface area contributed by atoms with E-state index in [9.17, 15) is 5.11 Å². The lowest BCUT2D eigenvalue weighted by Gasteiger charge is -2.26. The fourth-order valence-electron chi connectivity index (χ4n) is 3.23. The van der Waals surface area contributed by atoms with Crippen molar-refractivity contribution in [1.82, 2.24) is 14.9 Å². The van der Waals surface area contributed by atoms with Gasteiger partial charge in [0.1, 0.15) is 11.6 Å². The molecule has 0 fully saturated rings. The van der Waals surface area contributed by atoms with Crippen LogP contribution >= 0.6 is 0 Å². The lowest BCUT2D eigenvalue weighted by Crippen LogP contribution is -2.35. The number of nitrogens with one attached hydrogen (secondary N) is 1. The highest BCUT2D eigenvalue weighted by molar-refractivity contribution is 5.90. The summed E-state index contributed by atoms with van der Waals surface area (Å²) in [5, 5.41) is 14.7. The summed E-state index contributed by atoms with van der Waals surface area (Å²) < 4.78 is 0. The molecule has 0 amide bonds. The van der Waals surface area contributed by atoms with E-state index >= 15 is 0 Å². The molecule has 31 heavy (non-hydrogen) atoms. The molecule has 0 aliphatic heterocycles. The highest BCUT2D eigenvalue weighted by atomic mass is 16.3. The lowest BCUT2D eigenvalue weighted by molar-refractivity contribution is 0.266. The Morgan fingerprint density at radius 3 is 2.13 bits per heavy atom. The lowest BCUT2D eigenvalue weighted by atomic mass is 10.0. The summed E-state index contributed by atoms with van der Waals surface area (Å²) in [5.41, 5.74) is 1.50. The molecule has 2 aromatic carbocycles. The molecule has 0 bridgehead atoms. The van der Waals surface area contributed by atoms with Crippen molar-refractivity contribution in [3.63, 3.8) is 0 Å². The van der Waals surface area contributed by atoms with Gasteiger partial charge in [-0.05, 0) is 50.7 Å². The summed E-state index contributed by atoms with van der Waals surface area (Å²) in [6.07, 6.45) is 1.11. The molecule has 3 aromatic rings. The Morgan fingerprint density at radius 2 is 1.52 bits per heavy atom. The number of para-hydroxylation sites is 2. The smallest absolute Gasteiger partial charge is 0.165 e. The number of aromatic nitrogens is 2. The second-order valence-corrected chi connectivity index (χ2v) is 7.56. The molecule has 0 saturated heterocycles. The molecule has 0 spiro atoms. The average Bonchev–Trinajstić information content (AvgIpc) is 2.79. The van der Waals surface area contributed by atoms with Gasteiger partial charge in [-0.3, -0.25) is 0 Å². The normalized spacial score (nSPS) is 11.4. The summed E-state index contributed by atoms with van der Waals surface area (Å²) in [4.78, 5) is 11.6. The number of nitrogens with zero attached hydrogens (tertiary/aromatic N) is 3. The van der Waals surface area contributed by atoms with Crippen LogP contribution in [0.2, 0.25) is 0 Å². The van der Waals surface area contributed by atoms with E-state index in [1.165, 1.54) is 0 Å². The Labute approximate surface area is 188 Å². The van der Waals surface area contributed by atoms with Crippen LogP contribution in [0.4, 0.5) is 5.82 Å². The first-order valence-corrected chi connectivity index (χ1v) is 11.4. The van der Waals surface area contributed by atoms with Gasteiger partial charge in [-0.2, -0.15) is 0 Å². The van der Waals surface area contributed by atoms with Crippen LogP contribution in [0.25, 0.3) is 22.3 Å². The second-order valence-electron chi connectivity index (χ2n) is 7.56. The number of phenols is 1. The Balaban J connectivity index is 0.00000113. The zero-order valence-electron chi connectivity index (χ0n) is 20.5. The van der Waals surface area contributed by atoms with E-state index in [0.29, 0.717) is 23.3 Å². The van der Waals surface area contributed by atoms with Gasteiger partial charge < -0.3 is 15.3 Å². The molecular weight excluding hydrogens is 384 g/mol. The third-order valence-electron chi connectivity index (χ3n) is 4.73. The summed E-state index contributed by atoms with van der Waals surface area (Å²) >= 11 is 0. The highest BCUT2D eigenvalue weighted by Gasteiger charge is 2.16. The third-order valence-corrected chi connectivity index (χ3v) is 4.73. The highest BCUT2D eigenvalue weighted by Crippen LogP contribution is 2.30. The van der Waals surface area contributed by atoms with Crippen molar-refractivity contribution in [1.29, 1.82) is 0 Å². The maximum Gasteiger partial charge on any atom is 0.165 e. The van der Waals surface area contributed by atoms with Crippen molar-refractivity contribution in [3.05, 3.63) is 48.5 Å². The van der Waals surface area contributed by atoms with Crippen molar-refractivity contribution < 1.29 is 5.11 Å². The van der Waals surface area contributed by atoms with Crippen LogP contribution in [0.3, 0.4) is 0 Å². The van der Waals surface area contributed by atoms with Gasteiger partial charge >= 0.3 is 0 Å². The number of hydrogen-bond acceptors (Lipinski definition) is 5. The Kier molecular flexibility index (Phi) is 11.6. The number of benzene rings is 2. The van der Waals surface area contributed by atoms with Crippen molar-refractivity contribution in [3.8, 4) is 17.1 Å². The van der Waals surface area contributed by atoms with Gasteiger partial charge in [-0.25, -0.2) is 9.97 Å². The maximum atomic E-state index is 10.2. The molecule has 0 radical (unpaired) electrons. The van der Waals surface area contributed by atoms with Gasteiger partial charge in [0, 0.05) is 18.0 Å². The largest absolute Gasteiger partial charge is 0.507 e. The van der Waals surface area contributed by atoms with Gasteiger partial charge in [-0.15, -0.1) is 0 Å². The van der Waals surface area contributed by atoms with Crippen LogP contribution in [0.15, 0.2) is 48.5 Å². The minimum atomic E-state index is 0.185. The molecule has 5 heteroatoms. The second kappa shape index (κ2) is 13.6. The number of fused-ring (bicyclic) bond motifs is 1. The predicted molar refractivity (Wildman–Crippen MR) is 135 cm³/mol. The Hall–Kier alpha value is -2.66. The monoisotopic (exact) mass is 424 g/mol. The minimum Gasteiger partial charge on any atom is -0.507 e. The quantitative estimate of drug-likeness (QED) is 0.457. The molecule has 3 rings (SSSR count). The van der Waals surface area contributed by atoms with Crippen LogP contribution in [0.5, 0.6) is 5.75 Å². The molecule has 0 unspecified atom stereocenters. The number of hydrogen-bond donors (Lipinski definition) is 2. The van der Waals surface area contributed by atoms with Crippen molar-refractivity contribution in [2.75, 3.05) is 26.0 Å². The van der Waals surface area contributed by atoms with E-state index in [-0.39, 0.29) is 5.75 Å². The zero-order chi connectivity index (χ0) is 23.4. The molecular formula is C26H40N4O. The minimum absolute atomic E-state index is 0.185. The van der Waals surface area contributed by atoms with Crippen LogP contribution < -0.4 is 5.32 Å². The van der Waals surface area contributed by atoms with Gasteiger partial charge in [0.25, 0.3) is 0 Å². The van der Waals surface area contributed by atoms with E-state index in [0.717, 1.165) is 29.7 Å². The standard InChI is InChI=1S/C22H28N4O.2C2H6/c1-15(2)13-16(26(3)4)14-23-21-17-9-5-7-11-19(17)24-22(25-21)18-10-6-8-12-20(18)27;2*1-2/h5-12,15-16,27H,13-14H2,1-4H3,(H,23,24,25);2*1-2H3/t16-;;/m1../s1.